The standard InChI is InChI=1S/C31H30Br2N2O6/c1-5-39-27-17-20(15-24-29(36)34-31(38)35(30(24)37)22-9-7-21(32)8-10-22)16-25(33)28(27)41-13-12-40-26-14-19(4)6-11-23(26)18(2)3/h6-11,14-18H,5,12-13H2,1-4H3,(H,34,36,38)/b24-15-. The van der Waals surface area contributed by atoms with Crippen LogP contribution in [0.5, 0.6) is 17.2 Å². The summed E-state index contributed by atoms with van der Waals surface area (Å²) in [6, 6.07) is 15.4. The van der Waals surface area contributed by atoms with E-state index in [0.717, 1.165) is 26.2 Å². The quantitative estimate of drug-likeness (QED) is 0.138. The van der Waals surface area contributed by atoms with Crippen LogP contribution in [0.25, 0.3) is 6.08 Å². The number of amides is 4. The monoisotopic (exact) mass is 684 g/mol. The van der Waals surface area contributed by atoms with Crippen LogP contribution >= 0.6 is 31.9 Å². The molecular weight excluding hydrogens is 656 g/mol. The van der Waals surface area contributed by atoms with Gasteiger partial charge in [-0.05, 0) is 101 Å². The second-order valence-corrected chi connectivity index (χ2v) is 11.4. The number of carbonyl (C=O) groups is 3. The van der Waals surface area contributed by atoms with Crippen molar-refractivity contribution in [2.24, 2.45) is 0 Å². The minimum atomic E-state index is -0.812. The van der Waals surface area contributed by atoms with Crippen molar-refractivity contribution in [2.45, 2.75) is 33.6 Å². The van der Waals surface area contributed by atoms with Crippen LogP contribution in [0.15, 0.2) is 69.1 Å². The van der Waals surface area contributed by atoms with Crippen LogP contribution in [0, 0.1) is 6.92 Å². The van der Waals surface area contributed by atoms with Crippen LogP contribution in [-0.4, -0.2) is 37.7 Å². The number of benzene rings is 3. The first-order valence-corrected chi connectivity index (χ1v) is 14.7. The maximum Gasteiger partial charge on any atom is 0.335 e. The second-order valence-electron chi connectivity index (χ2n) is 9.59. The van der Waals surface area contributed by atoms with Crippen molar-refractivity contribution < 1.29 is 28.6 Å². The highest BCUT2D eigenvalue weighted by atomic mass is 79.9. The topological polar surface area (TPSA) is 94.2 Å². The van der Waals surface area contributed by atoms with Crippen molar-refractivity contribution in [3.63, 3.8) is 0 Å². The van der Waals surface area contributed by atoms with Gasteiger partial charge in [0.1, 0.15) is 24.5 Å². The Labute approximate surface area is 255 Å². The third-order valence-corrected chi connectivity index (χ3v) is 7.33. The summed E-state index contributed by atoms with van der Waals surface area (Å²) in [5.74, 6) is 0.542. The van der Waals surface area contributed by atoms with E-state index in [9.17, 15) is 14.4 Å². The zero-order valence-corrected chi connectivity index (χ0v) is 26.3. The predicted molar refractivity (Wildman–Crippen MR) is 165 cm³/mol. The van der Waals surface area contributed by atoms with Gasteiger partial charge in [0.15, 0.2) is 11.5 Å². The number of ether oxygens (including phenoxy) is 3. The summed E-state index contributed by atoms with van der Waals surface area (Å²) in [6.45, 7) is 9.06. The van der Waals surface area contributed by atoms with Gasteiger partial charge in [-0.1, -0.05) is 41.9 Å². The number of anilines is 1. The summed E-state index contributed by atoms with van der Waals surface area (Å²) in [5.41, 5.74) is 2.90. The molecule has 1 aliphatic heterocycles. The minimum absolute atomic E-state index is 0.192. The normalized spacial score (nSPS) is 14.5. The molecule has 1 heterocycles. The summed E-state index contributed by atoms with van der Waals surface area (Å²) in [4.78, 5) is 39.3. The zero-order chi connectivity index (χ0) is 29.7. The van der Waals surface area contributed by atoms with Crippen molar-refractivity contribution in [3.8, 4) is 17.2 Å². The SMILES string of the molecule is CCOc1cc(/C=C2/C(=O)NC(=O)N(c3ccc(Br)cc3)C2=O)cc(Br)c1OCCOc1cc(C)ccc1C(C)C. The Morgan fingerprint density at radius 3 is 2.29 bits per heavy atom. The van der Waals surface area contributed by atoms with E-state index >= 15 is 0 Å². The number of nitrogens with one attached hydrogen (secondary N) is 1. The molecule has 0 aliphatic carbocycles. The number of urea groups is 1. The Balaban J connectivity index is 1.54. The molecule has 0 aromatic heterocycles. The van der Waals surface area contributed by atoms with Gasteiger partial charge in [0.05, 0.1) is 16.8 Å². The Kier molecular flexibility index (Phi) is 9.88. The Hall–Kier alpha value is -3.63. The molecule has 8 nitrogen and oxygen atoms in total. The van der Waals surface area contributed by atoms with Gasteiger partial charge in [0, 0.05) is 4.47 Å². The highest BCUT2D eigenvalue weighted by molar-refractivity contribution is 9.10. The number of barbiturate groups is 1. The molecule has 1 saturated heterocycles. The molecule has 0 saturated carbocycles. The van der Waals surface area contributed by atoms with Crippen LogP contribution in [0.3, 0.4) is 0 Å². The van der Waals surface area contributed by atoms with Crippen molar-refractivity contribution in [3.05, 3.63) is 85.8 Å². The van der Waals surface area contributed by atoms with Crippen molar-refractivity contribution in [1.82, 2.24) is 5.32 Å². The van der Waals surface area contributed by atoms with E-state index in [-0.39, 0.29) is 12.2 Å². The first kappa shape index (κ1) is 30.3. The van der Waals surface area contributed by atoms with E-state index in [0.29, 0.717) is 46.4 Å². The fourth-order valence-electron chi connectivity index (χ4n) is 4.26. The average molecular weight is 686 g/mol. The maximum absolute atomic E-state index is 13.3. The fourth-order valence-corrected chi connectivity index (χ4v) is 5.10. The molecule has 1 aliphatic rings. The summed E-state index contributed by atoms with van der Waals surface area (Å²) in [5, 5.41) is 2.24. The highest BCUT2D eigenvalue weighted by Gasteiger charge is 2.36. The average Bonchev–Trinajstić information content (AvgIpc) is 2.91. The van der Waals surface area contributed by atoms with Crippen molar-refractivity contribution >= 4 is 61.5 Å². The second kappa shape index (κ2) is 13.4. The van der Waals surface area contributed by atoms with E-state index in [1.165, 1.54) is 6.08 Å². The Bertz CT molecular complexity index is 1500. The highest BCUT2D eigenvalue weighted by Crippen LogP contribution is 2.38. The molecule has 4 rings (SSSR count). The molecule has 3 aromatic carbocycles. The van der Waals surface area contributed by atoms with Crippen LogP contribution < -0.4 is 24.4 Å². The molecule has 41 heavy (non-hydrogen) atoms. The first-order chi connectivity index (χ1) is 19.6. The molecule has 1 fully saturated rings. The van der Waals surface area contributed by atoms with Crippen molar-refractivity contribution in [1.29, 1.82) is 0 Å². The Morgan fingerprint density at radius 2 is 1.61 bits per heavy atom. The number of imide groups is 2. The van der Waals surface area contributed by atoms with E-state index in [1.807, 2.05) is 19.9 Å². The number of hydrogen-bond acceptors (Lipinski definition) is 6. The molecule has 0 spiro atoms. The van der Waals surface area contributed by atoms with Gasteiger partial charge < -0.3 is 14.2 Å². The number of rotatable bonds is 10. The van der Waals surface area contributed by atoms with E-state index in [2.05, 4.69) is 63.2 Å². The lowest BCUT2D eigenvalue weighted by Gasteiger charge is -2.26. The molecule has 3 aromatic rings. The zero-order valence-electron chi connectivity index (χ0n) is 23.1. The van der Waals surface area contributed by atoms with Gasteiger partial charge in [-0.25, -0.2) is 9.69 Å². The summed E-state index contributed by atoms with van der Waals surface area (Å²) >= 11 is 6.87. The van der Waals surface area contributed by atoms with E-state index in [1.54, 1.807) is 36.4 Å². The number of halogens is 2. The molecule has 4 amide bonds. The van der Waals surface area contributed by atoms with Crippen LogP contribution in [0.4, 0.5) is 10.5 Å². The van der Waals surface area contributed by atoms with E-state index in [4.69, 9.17) is 14.2 Å². The summed E-state index contributed by atoms with van der Waals surface area (Å²) < 4.78 is 19.3. The Morgan fingerprint density at radius 1 is 0.902 bits per heavy atom. The number of nitrogens with zero attached hydrogens (tertiary/aromatic N) is 1. The van der Waals surface area contributed by atoms with Gasteiger partial charge in [0.2, 0.25) is 0 Å². The lowest BCUT2D eigenvalue weighted by Crippen LogP contribution is -2.54. The van der Waals surface area contributed by atoms with Gasteiger partial charge in [-0.2, -0.15) is 0 Å². The fraction of sp³-hybridized carbons (Fsp3) is 0.258. The van der Waals surface area contributed by atoms with Crippen molar-refractivity contribution in [2.75, 3.05) is 24.7 Å². The predicted octanol–water partition coefficient (Wildman–Crippen LogP) is 7.17. The number of hydrogen-bond donors (Lipinski definition) is 1. The summed E-state index contributed by atoms with van der Waals surface area (Å²) in [7, 11) is 0. The molecular formula is C31H30Br2N2O6. The third kappa shape index (κ3) is 7.18. The number of carbonyl (C=O) groups excluding carboxylic acids is 3. The smallest absolute Gasteiger partial charge is 0.335 e. The van der Waals surface area contributed by atoms with Gasteiger partial charge in [-0.15, -0.1) is 0 Å². The lowest BCUT2D eigenvalue weighted by atomic mass is 10.0. The lowest BCUT2D eigenvalue weighted by molar-refractivity contribution is -0.122. The van der Waals surface area contributed by atoms with Crippen LogP contribution in [-0.2, 0) is 9.59 Å². The maximum atomic E-state index is 13.3. The third-order valence-electron chi connectivity index (χ3n) is 6.21. The number of aryl methyl sites for hydroxylation is 1. The molecule has 0 unspecified atom stereocenters. The first-order valence-electron chi connectivity index (χ1n) is 13.1. The van der Waals surface area contributed by atoms with Gasteiger partial charge in [-0.3, -0.25) is 14.9 Å². The molecule has 10 heteroatoms. The van der Waals surface area contributed by atoms with Crippen LogP contribution in [0.1, 0.15) is 43.4 Å². The molecule has 0 atom stereocenters. The molecule has 0 radical (unpaired) electrons. The summed E-state index contributed by atoms with van der Waals surface area (Å²) in [6.07, 6.45) is 1.42. The van der Waals surface area contributed by atoms with Crippen LogP contribution in [0.2, 0.25) is 0 Å². The molecule has 0 bridgehead atoms. The van der Waals surface area contributed by atoms with Gasteiger partial charge in [0.25, 0.3) is 11.8 Å². The minimum Gasteiger partial charge on any atom is -0.490 e. The molecule has 1 N–H and O–H groups in total. The largest absolute Gasteiger partial charge is 0.490 e. The van der Waals surface area contributed by atoms with Gasteiger partial charge >= 0.3 is 6.03 Å². The van der Waals surface area contributed by atoms with E-state index < -0.39 is 17.8 Å². The molecule has 214 valence electrons.